The summed E-state index contributed by atoms with van der Waals surface area (Å²) in [5, 5.41) is 2.30. The van der Waals surface area contributed by atoms with Crippen LogP contribution < -0.4 is 5.32 Å². The van der Waals surface area contributed by atoms with Crippen molar-refractivity contribution in [2.75, 3.05) is 60.7 Å². The van der Waals surface area contributed by atoms with Crippen LogP contribution in [0.3, 0.4) is 0 Å². The molecule has 0 saturated carbocycles. The van der Waals surface area contributed by atoms with E-state index in [-0.39, 0.29) is 25.2 Å². The van der Waals surface area contributed by atoms with E-state index in [1.54, 1.807) is 50.2 Å². The van der Waals surface area contributed by atoms with Gasteiger partial charge in [0.2, 0.25) is 5.91 Å². The highest BCUT2D eigenvalue weighted by Crippen LogP contribution is 2.40. The molecule has 3 heterocycles. The maximum absolute atomic E-state index is 16.8. The number of benzene rings is 1. The van der Waals surface area contributed by atoms with Gasteiger partial charge >= 0.3 is 12.9 Å². The lowest BCUT2D eigenvalue weighted by molar-refractivity contribution is -0.870. The summed E-state index contributed by atoms with van der Waals surface area (Å²) < 4.78 is 74.1. The molecule has 2 N–H and O–H groups in total. The molecule has 15 heteroatoms. The molecule has 2 aliphatic rings. The first kappa shape index (κ1) is 36.2. The molecular weight excluding hydrogens is 631 g/mol. The van der Waals surface area contributed by atoms with Crippen LogP contribution in [0, 0.1) is 0 Å². The molecule has 0 fully saturated rings. The minimum atomic E-state index is -4.65. The third-order valence-corrected chi connectivity index (χ3v) is 8.90. The van der Waals surface area contributed by atoms with Crippen molar-refractivity contribution in [1.29, 1.82) is 0 Å². The number of quaternary nitrogens is 1. The summed E-state index contributed by atoms with van der Waals surface area (Å²) in [7, 11) is 5.14. The van der Waals surface area contributed by atoms with Crippen LogP contribution in [0.1, 0.15) is 37.4 Å². The van der Waals surface area contributed by atoms with Gasteiger partial charge in [0.05, 0.1) is 27.7 Å². The Balaban J connectivity index is 1.62. The quantitative estimate of drug-likeness (QED) is 0.129. The van der Waals surface area contributed by atoms with Crippen molar-refractivity contribution in [1.82, 2.24) is 14.7 Å². The molecule has 47 heavy (non-hydrogen) atoms. The Labute approximate surface area is 275 Å². The first-order chi connectivity index (χ1) is 21.9. The molecule has 0 aliphatic carbocycles. The largest absolute Gasteiger partial charge is 0.737 e. The number of amides is 1. The van der Waals surface area contributed by atoms with Gasteiger partial charge in [-0.2, -0.15) is 8.42 Å². The van der Waals surface area contributed by atoms with Gasteiger partial charge in [-0.3, -0.25) is 9.35 Å². The molecule has 2 aliphatic heterocycles. The van der Waals surface area contributed by atoms with Crippen LogP contribution in [0.5, 0.6) is 0 Å². The summed E-state index contributed by atoms with van der Waals surface area (Å²) in [6.07, 6.45) is 4.45. The van der Waals surface area contributed by atoms with Gasteiger partial charge in [0.25, 0.3) is 10.1 Å². The first-order valence-corrected chi connectivity index (χ1v) is 17.2. The van der Waals surface area contributed by atoms with Crippen LogP contribution in [0.2, 0.25) is 0 Å². The second-order valence-electron chi connectivity index (χ2n) is 13.4. The maximum atomic E-state index is 16.8. The molecular formula is C32H45BF2N5O6S+. The molecule has 0 spiro atoms. The van der Waals surface area contributed by atoms with E-state index in [0.29, 0.717) is 41.2 Å². The van der Waals surface area contributed by atoms with Gasteiger partial charge in [0.15, 0.2) is 5.70 Å². The van der Waals surface area contributed by atoms with Crippen molar-refractivity contribution in [3.8, 4) is 11.3 Å². The number of hydrogen-bond donors (Lipinski definition) is 2. The summed E-state index contributed by atoms with van der Waals surface area (Å²) in [6.45, 7) is -1.46. The second kappa shape index (κ2) is 14.2. The zero-order chi connectivity index (χ0) is 34.7. The summed E-state index contributed by atoms with van der Waals surface area (Å²) in [6, 6.07) is 9.27. The minimum absolute atomic E-state index is 0.0587. The van der Waals surface area contributed by atoms with Crippen LogP contribution in [-0.2, 0) is 30.9 Å². The Morgan fingerprint density at radius 1 is 1.13 bits per heavy atom. The van der Waals surface area contributed by atoms with E-state index in [9.17, 15) is 22.6 Å². The second-order valence-corrected chi connectivity index (χ2v) is 14.9. The van der Waals surface area contributed by atoms with Gasteiger partial charge in [-0.05, 0) is 44.6 Å². The zero-order valence-electron chi connectivity index (χ0n) is 27.9. The number of aryl methyl sites for hydroxylation is 1. The number of hydrogen-bond acceptors (Lipinski definition) is 6. The van der Waals surface area contributed by atoms with E-state index >= 15 is 8.63 Å². The van der Waals surface area contributed by atoms with E-state index in [0.717, 1.165) is 32.0 Å². The van der Waals surface area contributed by atoms with Gasteiger partial charge in [-0.1, -0.05) is 30.3 Å². The lowest BCUT2D eigenvalue weighted by Crippen LogP contribution is -2.51. The van der Waals surface area contributed by atoms with Gasteiger partial charge in [0, 0.05) is 54.9 Å². The van der Waals surface area contributed by atoms with Crippen molar-refractivity contribution in [3.63, 3.8) is 0 Å². The van der Waals surface area contributed by atoms with E-state index < -0.39 is 40.8 Å². The summed E-state index contributed by atoms with van der Waals surface area (Å²) in [4.78, 5) is 27.2. The van der Waals surface area contributed by atoms with Crippen LogP contribution in [-0.4, -0.2) is 123 Å². The minimum Gasteiger partial charge on any atom is -0.463 e. The highest BCUT2D eigenvalue weighted by Gasteiger charge is 2.54. The van der Waals surface area contributed by atoms with Crippen molar-refractivity contribution < 1.29 is 44.9 Å². The Bertz CT molecular complexity index is 1710. The number of allylic oxidation sites excluding steroid dienone is 2. The smallest absolute Gasteiger partial charge is 0.463 e. The number of nitrogens with one attached hydrogen (secondary N) is 1. The fourth-order valence-corrected chi connectivity index (χ4v) is 6.55. The van der Waals surface area contributed by atoms with Gasteiger partial charge in [0.1, 0.15) is 24.1 Å². The number of rotatable bonds is 15. The van der Waals surface area contributed by atoms with E-state index in [2.05, 4.69) is 26.5 Å². The zero-order valence-corrected chi connectivity index (χ0v) is 28.7. The molecule has 1 unspecified atom stereocenters. The molecule has 0 radical (unpaired) electrons. The monoisotopic (exact) mass is 676 g/mol. The van der Waals surface area contributed by atoms with E-state index in [1.165, 1.54) is 0 Å². The lowest BCUT2D eigenvalue weighted by atomic mass is 9.88. The Hall–Kier alpha value is -3.66. The Morgan fingerprint density at radius 3 is 2.43 bits per heavy atom. The highest BCUT2D eigenvalue weighted by atomic mass is 32.2. The van der Waals surface area contributed by atoms with E-state index in [4.69, 9.17) is 4.74 Å². The van der Waals surface area contributed by atoms with Crippen LogP contribution >= 0.6 is 0 Å². The number of aromatic nitrogens is 1. The average Bonchev–Trinajstić information content (AvgIpc) is 3.49. The topological polar surface area (TPSA) is 121 Å². The summed E-state index contributed by atoms with van der Waals surface area (Å²) in [5.41, 5.74) is 3.58. The van der Waals surface area contributed by atoms with Crippen molar-refractivity contribution in [3.05, 3.63) is 65.0 Å². The van der Waals surface area contributed by atoms with Gasteiger partial charge < -0.3 is 37.0 Å². The fraction of sp³-hybridized carbons (Fsp3) is 0.469. The molecule has 0 bridgehead atoms. The van der Waals surface area contributed by atoms with Gasteiger partial charge in [-0.25, -0.2) is 4.79 Å². The Kier molecular flexibility index (Phi) is 10.9. The third kappa shape index (κ3) is 9.03. The average molecular weight is 677 g/mol. The van der Waals surface area contributed by atoms with E-state index in [1.807, 2.05) is 24.3 Å². The number of halogens is 2. The number of esters is 1. The number of fused-ring (bicyclic) bond motifs is 2. The Morgan fingerprint density at radius 2 is 1.81 bits per heavy atom. The highest BCUT2D eigenvalue weighted by molar-refractivity contribution is 7.85. The standard InChI is InChI=1S/C32H44BF2N5O6S/c1-23-19-26(14-15-31(41)36-27(22-47(43,44)45)32(42)46-18-16-37(2)3)38-28(23)21-30-25(13-10-17-40(4,5)6)20-29(39(30)33(38,34)35)24-11-8-7-9-12-24/h7-9,11-12,19-21,27H,10,13-18,22H2,1-6H3,(H-,36,41,43,44,45)/p+1. The number of nitrogens with zero attached hydrogens (tertiary/aromatic N) is 4. The van der Waals surface area contributed by atoms with Crippen molar-refractivity contribution in [2.24, 2.45) is 0 Å². The molecule has 1 amide bonds. The van der Waals surface area contributed by atoms with Crippen LogP contribution in [0.4, 0.5) is 8.63 Å². The van der Waals surface area contributed by atoms with Crippen LogP contribution in [0.25, 0.3) is 17.3 Å². The molecule has 1 aromatic carbocycles. The van der Waals surface area contributed by atoms with Crippen molar-refractivity contribution in [2.45, 2.75) is 38.6 Å². The molecule has 2 aromatic rings. The first-order valence-electron chi connectivity index (χ1n) is 15.6. The molecule has 11 nitrogen and oxygen atoms in total. The fourth-order valence-electron chi connectivity index (χ4n) is 5.91. The van der Waals surface area contributed by atoms with Crippen molar-refractivity contribution >= 4 is 40.8 Å². The van der Waals surface area contributed by atoms with Crippen LogP contribution in [0.15, 0.2) is 53.7 Å². The summed E-state index contributed by atoms with van der Waals surface area (Å²) in [5.74, 6) is -2.85. The SMILES string of the molecule is CC1=CC(CCC(=O)NC(CS(=O)(=O)O)C(=O)OCCN(C)C)=[N+]2C1=Cc1c(CCC[N+](C)(C)C)cc(-c3ccccc3)n1[B-]2(F)F. The maximum Gasteiger partial charge on any atom is 0.737 e. The molecule has 1 aromatic heterocycles. The lowest BCUT2D eigenvalue weighted by Gasteiger charge is -2.31. The molecule has 1 atom stereocenters. The number of likely N-dealkylation sites (N-methyl/N-ethyl adjacent to an activating group) is 1. The van der Waals surface area contributed by atoms with Gasteiger partial charge in [-0.15, -0.1) is 0 Å². The normalized spacial score (nSPS) is 16.4. The molecule has 4 rings (SSSR count). The number of carbonyl (C=O) groups excluding carboxylic acids is 2. The summed E-state index contributed by atoms with van der Waals surface area (Å²) >= 11 is 0. The predicted octanol–water partition coefficient (Wildman–Crippen LogP) is 3.04. The number of carbonyl (C=O) groups is 2. The molecule has 256 valence electrons. The molecule has 0 saturated heterocycles. The third-order valence-electron chi connectivity index (χ3n) is 8.14. The number of ether oxygens (including phenoxy) is 1. The predicted molar refractivity (Wildman–Crippen MR) is 179 cm³/mol.